The highest BCUT2D eigenvalue weighted by Crippen LogP contribution is 2.20. The summed E-state index contributed by atoms with van der Waals surface area (Å²) in [5.41, 5.74) is 2.38. The normalized spacial score (nSPS) is 10.6. The van der Waals surface area contributed by atoms with Gasteiger partial charge in [-0.15, -0.1) is 0 Å². The Kier molecular flexibility index (Phi) is 6.40. The molecule has 0 fully saturated rings. The van der Waals surface area contributed by atoms with E-state index in [0.29, 0.717) is 13.2 Å². The number of carbonyl (C=O) groups excluding carboxylic acids is 1. The van der Waals surface area contributed by atoms with Crippen LogP contribution in [-0.2, 0) is 4.79 Å². The van der Waals surface area contributed by atoms with Gasteiger partial charge in [-0.25, -0.2) is 0 Å². The minimum Gasteiger partial charge on any atom is -0.491 e. The maximum absolute atomic E-state index is 11.8. The minimum absolute atomic E-state index is 0.126. The van der Waals surface area contributed by atoms with Crippen molar-refractivity contribution in [3.63, 3.8) is 0 Å². The van der Waals surface area contributed by atoms with Crippen LogP contribution in [0, 0.1) is 19.8 Å². The van der Waals surface area contributed by atoms with Crippen LogP contribution in [0.1, 0.15) is 37.8 Å². The predicted molar refractivity (Wildman–Crippen MR) is 78.5 cm³/mol. The summed E-state index contributed by atoms with van der Waals surface area (Å²) in [6.45, 7) is 9.27. The zero-order valence-corrected chi connectivity index (χ0v) is 12.5. The molecule has 0 saturated carbocycles. The highest BCUT2D eigenvalue weighted by atomic mass is 16.5. The Morgan fingerprint density at radius 2 is 1.95 bits per heavy atom. The first kappa shape index (κ1) is 15.5. The molecule has 106 valence electrons. The lowest BCUT2D eigenvalue weighted by atomic mass is 10.0. The molecule has 3 heteroatoms. The highest BCUT2D eigenvalue weighted by molar-refractivity contribution is 5.78. The number of carbonyl (C=O) groups is 1. The molecular formula is C16H25NO2. The number of amides is 1. The second-order valence-corrected chi connectivity index (χ2v) is 4.85. The van der Waals surface area contributed by atoms with E-state index in [1.807, 2.05) is 32.9 Å². The molecular weight excluding hydrogens is 238 g/mol. The third-order valence-electron chi connectivity index (χ3n) is 3.57. The van der Waals surface area contributed by atoms with Crippen molar-refractivity contribution in [3.8, 4) is 5.75 Å². The number of hydrogen-bond donors (Lipinski definition) is 1. The lowest BCUT2D eigenvalue weighted by molar-refractivity contribution is -0.125. The van der Waals surface area contributed by atoms with Gasteiger partial charge in [0.2, 0.25) is 5.91 Å². The van der Waals surface area contributed by atoms with E-state index in [2.05, 4.69) is 18.3 Å². The monoisotopic (exact) mass is 263 g/mol. The molecule has 0 aromatic heterocycles. The Hall–Kier alpha value is -1.51. The van der Waals surface area contributed by atoms with Crippen LogP contribution in [-0.4, -0.2) is 19.1 Å². The number of rotatable bonds is 7. The van der Waals surface area contributed by atoms with Gasteiger partial charge in [0.05, 0.1) is 6.54 Å². The van der Waals surface area contributed by atoms with E-state index < -0.39 is 0 Å². The predicted octanol–water partition coefficient (Wildman–Crippen LogP) is 3.23. The molecule has 1 aromatic carbocycles. The quantitative estimate of drug-likeness (QED) is 0.767. The van der Waals surface area contributed by atoms with Crippen molar-refractivity contribution < 1.29 is 9.53 Å². The minimum atomic E-state index is 0.126. The van der Waals surface area contributed by atoms with Crippen molar-refractivity contribution in [2.24, 2.45) is 5.92 Å². The van der Waals surface area contributed by atoms with E-state index in [1.165, 1.54) is 5.56 Å². The van der Waals surface area contributed by atoms with Crippen LogP contribution in [0.5, 0.6) is 5.75 Å². The van der Waals surface area contributed by atoms with E-state index in [0.717, 1.165) is 24.2 Å². The molecule has 1 aromatic rings. The molecule has 0 aliphatic rings. The Balaban J connectivity index is 2.35. The Morgan fingerprint density at radius 3 is 2.58 bits per heavy atom. The third-order valence-corrected chi connectivity index (χ3v) is 3.57. The van der Waals surface area contributed by atoms with Gasteiger partial charge >= 0.3 is 0 Å². The first-order valence-electron chi connectivity index (χ1n) is 7.06. The Morgan fingerprint density at radius 1 is 1.26 bits per heavy atom. The lowest BCUT2D eigenvalue weighted by Gasteiger charge is -2.14. The first-order valence-corrected chi connectivity index (χ1v) is 7.06. The van der Waals surface area contributed by atoms with Gasteiger partial charge in [-0.3, -0.25) is 4.79 Å². The number of nitrogens with one attached hydrogen (secondary N) is 1. The van der Waals surface area contributed by atoms with Crippen molar-refractivity contribution in [1.29, 1.82) is 0 Å². The van der Waals surface area contributed by atoms with Crippen LogP contribution >= 0.6 is 0 Å². The van der Waals surface area contributed by atoms with Gasteiger partial charge in [0, 0.05) is 5.92 Å². The van der Waals surface area contributed by atoms with Gasteiger partial charge in [0.15, 0.2) is 0 Å². The first-order chi connectivity index (χ1) is 9.10. The van der Waals surface area contributed by atoms with Crippen molar-refractivity contribution >= 4 is 5.91 Å². The van der Waals surface area contributed by atoms with Crippen LogP contribution in [0.25, 0.3) is 0 Å². The van der Waals surface area contributed by atoms with E-state index in [-0.39, 0.29) is 11.8 Å². The van der Waals surface area contributed by atoms with Gasteiger partial charge in [-0.05, 0) is 43.9 Å². The van der Waals surface area contributed by atoms with E-state index in [9.17, 15) is 4.79 Å². The number of hydrogen-bond acceptors (Lipinski definition) is 2. The van der Waals surface area contributed by atoms with Gasteiger partial charge in [-0.2, -0.15) is 0 Å². The molecule has 0 radical (unpaired) electrons. The fourth-order valence-electron chi connectivity index (χ4n) is 2.02. The molecule has 0 unspecified atom stereocenters. The van der Waals surface area contributed by atoms with Crippen LogP contribution in [0.15, 0.2) is 18.2 Å². The highest BCUT2D eigenvalue weighted by Gasteiger charge is 2.12. The van der Waals surface area contributed by atoms with Gasteiger partial charge in [0.25, 0.3) is 0 Å². The summed E-state index contributed by atoms with van der Waals surface area (Å²) < 4.78 is 5.70. The van der Waals surface area contributed by atoms with Crippen LogP contribution in [0.4, 0.5) is 0 Å². The molecule has 0 aliphatic heterocycles. The molecule has 1 rings (SSSR count). The van der Waals surface area contributed by atoms with Crippen molar-refractivity contribution in [2.45, 2.75) is 40.5 Å². The molecule has 0 aliphatic carbocycles. The largest absolute Gasteiger partial charge is 0.491 e. The molecule has 3 nitrogen and oxygen atoms in total. The summed E-state index contributed by atoms with van der Waals surface area (Å²) in [6, 6.07) is 6.02. The van der Waals surface area contributed by atoms with Crippen LogP contribution < -0.4 is 10.1 Å². The summed E-state index contributed by atoms with van der Waals surface area (Å²) in [4.78, 5) is 11.8. The average Bonchev–Trinajstić information content (AvgIpc) is 2.40. The SMILES string of the molecule is CCC(CC)C(=O)NCCOc1cccc(C)c1C. The third kappa shape index (κ3) is 4.58. The number of aryl methyl sites for hydroxylation is 1. The maximum atomic E-state index is 11.8. The second kappa shape index (κ2) is 7.82. The average molecular weight is 263 g/mol. The molecule has 0 atom stereocenters. The van der Waals surface area contributed by atoms with Crippen molar-refractivity contribution in [2.75, 3.05) is 13.2 Å². The summed E-state index contributed by atoms with van der Waals surface area (Å²) in [5, 5.41) is 2.92. The molecule has 19 heavy (non-hydrogen) atoms. The van der Waals surface area contributed by atoms with Gasteiger partial charge in [-0.1, -0.05) is 26.0 Å². The Bertz CT molecular complexity index is 411. The lowest BCUT2D eigenvalue weighted by Crippen LogP contribution is -2.33. The molecule has 1 amide bonds. The molecule has 1 N–H and O–H groups in total. The van der Waals surface area contributed by atoms with E-state index >= 15 is 0 Å². The fraction of sp³-hybridized carbons (Fsp3) is 0.562. The summed E-state index contributed by atoms with van der Waals surface area (Å²) >= 11 is 0. The van der Waals surface area contributed by atoms with E-state index in [1.54, 1.807) is 0 Å². The Labute approximate surface area is 116 Å². The maximum Gasteiger partial charge on any atom is 0.223 e. The summed E-state index contributed by atoms with van der Waals surface area (Å²) in [6.07, 6.45) is 1.78. The number of benzene rings is 1. The molecule has 0 saturated heterocycles. The van der Waals surface area contributed by atoms with Gasteiger partial charge in [0.1, 0.15) is 12.4 Å². The standard InChI is InChI=1S/C16H25NO2/c1-5-14(6-2)16(18)17-10-11-19-15-9-7-8-12(3)13(15)4/h7-9,14H,5-6,10-11H2,1-4H3,(H,17,18). The zero-order chi connectivity index (χ0) is 14.3. The topological polar surface area (TPSA) is 38.3 Å². The second-order valence-electron chi connectivity index (χ2n) is 4.85. The van der Waals surface area contributed by atoms with Gasteiger partial charge < -0.3 is 10.1 Å². The van der Waals surface area contributed by atoms with Crippen molar-refractivity contribution in [1.82, 2.24) is 5.32 Å². The fourth-order valence-corrected chi connectivity index (χ4v) is 2.02. The number of ether oxygens (including phenoxy) is 1. The van der Waals surface area contributed by atoms with Crippen LogP contribution in [0.3, 0.4) is 0 Å². The van der Waals surface area contributed by atoms with E-state index in [4.69, 9.17) is 4.74 Å². The van der Waals surface area contributed by atoms with Crippen molar-refractivity contribution in [3.05, 3.63) is 29.3 Å². The summed E-state index contributed by atoms with van der Waals surface area (Å²) in [7, 11) is 0. The smallest absolute Gasteiger partial charge is 0.223 e. The molecule has 0 bridgehead atoms. The zero-order valence-electron chi connectivity index (χ0n) is 12.5. The molecule has 0 spiro atoms. The van der Waals surface area contributed by atoms with Crippen LogP contribution in [0.2, 0.25) is 0 Å². The summed E-state index contributed by atoms with van der Waals surface area (Å²) in [5.74, 6) is 1.16. The molecule has 0 heterocycles.